The summed E-state index contributed by atoms with van der Waals surface area (Å²) in [5.41, 5.74) is 23.8. The lowest BCUT2D eigenvalue weighted by atomic mass is 9.77. The fraction of sp³-hybridized carbons (Fsp3) is 0.100. The quantitative estimate of drug-likeness (QED) is 0.159. The maximum atomic E-state index is 7.42. The number of benzene rings is 6. The van der Waals surface area contributed by atoms with E-state index in [2.05, 4.69) is 48.5 Å². The molecular weight excluding hydrogens is 572 g/mol. The van der Waals surface area contributed by atoms with Gasteiger partial charge in [-0.05, 0) is 22.3 Å². The third-order valence-corrected chi connectivity index (χ3v) is 8.21. The molecule has 6 aromatic carbocycles. The van der Waals surface area contributed by atoms with Gasteiger partial charge in [0.25, 0.3) is 0 Å². The molecule has 0 aromatic heterocycles. The largest absolute Gasteiger partial charge is 0.492 e. The van der Waals surface area contributed by atoms with E-state index < -0.39 is 0 Å². The molecule has 0 spiro atoms. The molecule has 0 amide bonds. The van der Waals surface area contributed by atoms with Crippen LogP contribution in [0.1, 0.15) is 0 Å². The van der Waals surface area contributed by atoms with E-state index in [0.717, 1.165) is 50.1 Å². The lowest BCUT2D eigenvalue weighted by Crippen LogP contribution is -2.08. The minimum Gasteiger partial charge on any atom is -0.492 e. The van der Waals surface area contributed by atoms with Crippen molar-refractivity contribution in [3.63, 3.8) is 0 Å². The first-order valence-corrected chi connectivity index (χ1v) is 14.9. The number of hydrogen-bond donors (Lipinski definition) is 2. The Morgan fingerprint density at radius 2 is 0.587 bits per heavy atom. The summed E-state index contributed by atoms with van der Waals surface area (Å²) < 4.78 is 24.2. The lowest BCUT2D eigenvalue weighted by molar-refractivity contribution is 0.334. The van der Waals surface area contributed by atoms with Gasteiger partial charge in [0.1, 0.15) is 5.69 Å². The van der Waals surface area contributed by atoms with Gasteiger partial charge in [0.05, 0.1) is 34.0 Å². The number of methoxy groups -OCH3 is 4. The van der Waals surface area contributed by atoms with E-state index in [9.17, 15) is 0 Å². The van der Waals surface area contributed by atoms with Crippen LogP contribution in [0, 0.1) is 0 Å². The topological polar surface area (TPSA) is 89.0 Å². The molecule has 0 aliphatic carbocycles. The molecule has 0 aliphatic rings. The number of anilines is 2. The van der Waals surface area contributed by atoms with Crippen molar-refractivity contribution >= 4 is 11.4 Å². The molecule has 4 N–H and O–H groups in total. The summed E-state index contributed by atoms with van der Waals surface area (Å²) in [7, 11) is 6.33. The highest BCUT2D eigenvalue weighted by Crippen LogP contribution is 2.61. The van der Waals surface area contributed by atoms with Crippen LogP contribution in [0.25, 0.3) is 55.6 Å². The van der Waals surface area contributed by atoms with Crippen LogP contribution in [-0.4, -0.2) is 28.4 Å². The van der Waals surface area contributed by atoms with Crippen LogP contribution in [0.4, 0.5) is 11.4 Å². The average molecular weight is 609 g/mol. The van der Waals surface area contributed by atoms with Gasteiger partial charge in [-0.3, -0.25) is 0 Å². The van der Waals surface area contributed by atoms with Crippen LogP contribution < -0.4 is 30.4 Å². The standard InChI is InChI=1S/C40H36N2O4/c1-43-37-34(38(44-2)40(46-4)36(42)39(37)45-3)33-29(25-17-9-5-10-18-25)31(27-21-13-7-14-22-27)35(41)32(28-23-15-8-16-24-28)30(33)26-19-11-6-12-20-26/h5-24H,41-42H2,1-4H3. The highest BCUT2D eigenvalue weighted by atomic mass is 16.5. The van der Waals surface area contributed by atoms with Gasteiger partial charge in [-0.1, -0.05) is 121 Å². The summed E-state index contributed by atoms with van der Waals surface area (Å²) in [5, 5.41) is 0. The Labute approximate surface area is 269 Å². The minimum atomic E-state index is 0.270. The first kappa shape index (κ1) is 30.2. The Hall–Kier alpha value is -5.88. The Bertz CT molecular complexity index is 1840. The minimum absolute atomic E-state index is 0.270. The van der Waals surface area contributed by atoms with Crippen molar-refractivity contribution in [1.82, 2.24) is 0 Å². The summed E-state index contributed by atoms with van der Waals surface area (Å²) in [6.45, 7) is 0. The van der Waals surface area contributed by atoms with Crippen molar-refractivity contribution in [3.05, 3.63) is 121 Å². The van der Waals surface area contributed by atoms with Crippen LogP contribution in [0.5, 0.6) is 23.0 Å². The second kappa shape index (κ2) is 13.0. The summed E-state index contributed by atoms with van der Waals surface area (Å²) in [6.07, 6.45) is 0. The molecule has 0 saturated carbocycles. The Morgan fingerprint density at radius 1 is 0.304 bits per heavy atom. The van der Waals surface area contributed by atoms with E-state index in [4.69, 9.17) is 30.4 Å². The van der Waals surface area contributed by atoms with E-state index in [1.807, 2.05) is 72.8 Å². The van der Waals surface area contributed by atoms with E-state index in [-0.39, 0.29) is 5.69 Å². The molecule has 6 nitrogen and oxygen atoms in total. The zero-order chi connectivity index (χ0) is 32.2. The molecular formula is C40H36N2O4. The Balaban J connectivity index is 2.00. The summed E-state index contributed by atoms with van der Waals surface area (Å²) in [4.78, 5) is 0. The molecule has 0 fully saturated rings. The molecule has 0 radical (unpaired) electrons. The van der Waals surface area contributed by atoms with Gasteiger partial charge in [0.15, 0.2) is 23.0 Å². The average Bonchev–Trinajstić information content (AvgIpc) is 3.12. The summed E-state index contributed by atoms with van der Waals surface area (Å²) >= 11 is 0. The van der Waals surface area contributed by atoms with Crippen molar-refractivity contribution in [2.75, 3.05) is 39.9 Å². The van der Waals surface area contributed by atoms with Gasteiger partial charge in [0, 0.05) is 33.5 Å². The predicted octanol–water partition coefficient (Wildman–Crippen LogP) is 9.22. The fourth-order valence-electron chi connectivity index (χ4n) is 6.32. The van der Waals surface area contributed by atoms with E-state index in [1.54, 1.807) is 28.4 Å². The normalized spacial score (nSPS) is 10.8. The van der Waals surface area contributed by atoms with Crippen molar-refractivity contribution in [2.45, 2.75) is 0 Å². The van der Waals surface area contributed by atoms with E-state index in [0.29, 0.717) is 34.2 Å². The molecule has 6 heteroatoms. The smallest absolute Gasteiger partial charge is 0.188 e. The number of rotatable bonds is 9. The van der Waals surface area contributed by atoms with Crippen molar-refractivity contribution in [2.24, 2.45) is 0 Å². The molecule has 0 aliphatic heterocycles. The molecule has 0 atom stereocenters. The summed E-state index contributed by atoms with van der Waals surface area (Å²) in [6, 6.07) is 40.9. The van der Waals surface area contributed by atoms with Gasteiger partial charge in [0.2, 0.25) is 0 Å². The van der Waals surface area contributed by atoms with Gasteiger partial charge in [-0.2, -0.15) is 0 Å². The summed E-state index contributed by atoms with van der Waals surface area (Å²) in [5.74, 6) is 1.50. The fourth-order valence-corrected chi connectivity index (χ4v) is 6.32. The zero-order valence-corrected chi connectivity index (χ0v) is 26.3. The Morgan fingerprint density at radius 3 is 0.870 bits per heavy atom. The van der Waals surface area contributed by atoms with Gasteiger partial charge < -0.3 is 30.4 Å². The second-order valence-electron chi connectivity index (χ2n) is 10.7. The predicted molar refractivity (Wildman–Crippen MR) is 189 cm³/mol. The zero-order valence-electron chi connectivity index (χ0n) is 26.3. The molecule has 0 heterocycles. The number of nitrogen functional groups attached to an aromatic ring is 2. The monoisotopic (exact) mass is 608 g/mol. The first-order chi connectivity index (χ1) is 22.5. The van der Waals surface area contributed by atoms with Crippen LogP contribution >= 0.6 is 0 Å². The van der Waals surface area contributed by atoms with Crippen molar-refractivity contribution in [3.8, 4) is 78.6 Å². The second-order valence-corrected chi connectivity index (χ2v) is 10.7. The van der Waals surface area contributed by atoms with Crippen LogP contribution in [0.2, 0.25) is 0 Å². The molecule has 6 rings (SSSR count). The van der Waals surface area contributed by atoms with Crippen LogP contribution in [0.3, 0.4) is 0 Å². The van der Waals surface area contributed by atoms with E-state index in [1.165, 1.54) is 0 Å². The third kappa shape index (κ3) is 5.04. The molecule has 6 aromatic rings. The molecule has 230 valence electrons. The molecule has 0 bridgehead atoms. The van der Waals surface area contributed by atoms with Crippen molar-refractivity contribution < 1.29 is 18.9 Å². The van der Waals surface area contributed by atoms with Gasteiger partial charge in [-0.25, -0.2) is 0 Å². The maximum absolute atomic E-state index is 7.42. The van der Waals surface area contributed by atoms with Gasteiger partial charge in [-0.15, -0.1) is 0 Å². The number of nitrogens with two attached hydrogens (primary N) is 2. The maximum Gasteiger partial charge on any atom is 0.188 e. The molecule has 46 heavy (non-hydrogen) atoms. The SMILES string of the molecule is COc1c(N)c(OC)c(OC)c(-c2c(-c3ccccc3)c(-c3ccccc3)c(N)c(-c3ccccc3)c2-c2ccccc2)c1OC. The van der Waals surface area contributed by atoms with E-state index >= 15 is 0 Å². The first-order valence-electron chi connectivity index (χ1n) is 14.9. The number of ether oxygens (including phenoxy) is 4. The molecule has 0 unspecified atom stereocenters. The highest BCUT2D eigenvalue weighted by Gasteiger charge is 2.34. The lowest BCUT2D eigenvalue weighted by Gasteiger charge is -2.29. The van der Waals surface area contributed by atoms with Crippen LogP contribution in [-0.2, 0) is 0 Å². The van der Waals surface area contributed by atoms with Gasteiger partial charge >= 0.3 is 0 Å². The molecule has 0 saturated heterocycles. The van der Waals surface area contributed by atoms with Crippen LogP contribution in [0.15, 0.2) is 121 Å². The third-order valence-electron chi connectivity index (χ3n) is 8.21. The highest BCUT2D eigenvalue weighted by molar-refractivity contribution is 6.15. The number of hydrogen-bond acceptors (Lipinski definition) is 6. The Kier molecular flexibility index (Phi) is 8.53. The van der Waals surface area contributed by atoms with Crippen molar-refractivity contribution in [1.29, 1.82) is 0 Å².